The van der Waals surface area contributed by atoms with Crippen LogP contribution in [0.2, 0.25) is 5.02 Å². The lowest BCUT2D eigenvalue weighted by Crippen LogP contribution is -2.35. The van der Waals surface area contributed by atoms with Crippen LogP contribution in [0.5, 0.6) is 0 Å². The second-order valence-corrected chi connectivity index (χ2v) is 7.74. The van der Waals surface area contributed by atoms with Crippen LogP contribution in [-0.2, 0) is 11.2 Å². The standard InChI is InChI=1S/C22H25ClN6O2/c1-13-11-14(2)27-22(26-13)29-16(4)19(15(3)28-29)12-20(30)24-9-10-25-21(31)17-5-7-18(23)8-6-17/h5-8,11H,9-10,12H2,1-4H3,(H,24,30)(H,25,31). The molecule has 0 aliphatic heterocycles. The van der Waals surface area contributed by atoms with Gasteiger partial charge in [-0.1, -0.05) is 11.6 Å². The lowest BCUT2D eigenvalue weighted by Gasteiger charge is -2.08. The Balaban J connectivity index is 1.55. The van der Waals surface area contributed by atoms with E-state index in [-0.39, 0.29) is 18.2 Å². The highest BCUT2D eigenvalue weighted by Gasteiger charge is 2.17. The first kappa shape index (κ1) is 22.4. The van der Waals surface area contributed by atoms with Crippen molar-refractivity contribution in [1.82, 2.24) is 30.4 Å². The summed E-state index contributed by atoms with van der Waals surface area (Å²) in [6.07, 6.45) is 0.188. The first-order valence-electron chi connectivity index (χ1n) is 9.93. The highest BCUT2D eigenvalue weighted by Crippen LogP contribution is 2.17. The van der Waals surface area contributed by atoms with Crippen LogP contribution in [0, 0.1) is 27.7 Å². The Labute approximate surface area is 186 Å². The molecule has 162 valence electrons. The van der Waals surface area contributed by atoms with E-state index >= 15 is 0 Å². The van der Waals surface area contributed by atoms with Gasteiger partial charge in [-0.15, -0.1) is 0 Å². The quantitative estimate of drug-likeness (QED) is 0.550. The number of hydrogen-bond donors (Lipinski definition) is 2. The molecule has 1 aromatic carbocycles. The van der Waals surface area contributed by atoms with Crippen LogP contribution >= 0.6 is 11.6 Å². The number of carbonyl (C=O) groups is 2. The van der Waals surface area contributed by atoms with Crippen molar-refractivity contribution in [3.05, 3.63) is 69.3 Å². The van der Waals surface area contributed by atoms with Gasteiger partial charge in [-0.3, -0.25) is 9.59 Å². The molecule has 0 aliphatic rings. The molecule has 3 rings (SSSR count). The topological polar surface area (TPSA) is 102 Å². The van der Waals surface area contributed by atoms with Crippen molar-refractivity contribution >= 4 is 23.4 Å². The van der Waals surface area contributed by atoms with Crippen LogP contribution in [0.1, 0.15) is 38.7 Å². The number of halogens is 1. The molecule has 2 heterocycles. The lowest BCUT2D eigenvalue weighted by atomic mass is 10.1. The molecule has 2 amide bonds. The van der Waals surface area contributed by atoms with Crippen molar-refractivity contribution in [3.8, 4) is 5.95 Å². The number of aryl methyl sites for hydroxylation is 3. The second kappa shape index (κ2) is 9.70. The van der Waals surface area contributed by atoms with Crippen LogP contribution in [0.4, 0.5) is 0 Å². The fourth-order valence-electron chi connectivity index (χ4n) is 3.23. The molecule has 3 aromatic rings. The fourth-order valence-corrected chi connectivity index (χ4v) is 3.36. The monoisotopic (exact) mass is 440 g/mol. The van der Waals surface area contributed by atoms with E-state index in [1.165, 1.54) is 0 Å². The second-order valence-electron chi connectivity index (χ2n) is 7.30. The molecule has 0 saturated carbocycles. The molecule has 2 N–H and O–H groups in total. The Kier molecular flexibility index (Phi) is 7.02. The molecule has 0 saturated heterocycles. The Bertz CT molecular complexity index is 1090. The third-order valence-electron chi connectivity index (χ3n) is 4.78. The van der Waals surface area contributed by atoms with Gasteiger partial charge in [0.25, 0.3) is 11.9 Å². The summed E-state index contributed by atoms with van der Waals surface area (Å²) in [5.41, 5.74) is 4.65. The summed E-state index contributed by atoms with van der Waals surface area (Å²) in [5, 5.41) is 10.7. The van der Waals surface area contributed by atoms with Crippen molar-refractivity contribution in [2.45, 2.75) is 34.1 Å². The summed E-state index contributed by atoms with van der Waals surface area (Å²) in [5.74, 6) is 0.134. The van der Waals surface area contributed by atoms with E-state index in [9.17, 15) is 9.59 Å². The molecule has 0 unspecified atom stereocenters. The summed E-state index contributed by atoms with van der Waals surface area (Å²) in [6, 6.07) is 8.52. The van der Waals surface area contributed by atoms with Gasteiger partial charge >= 0.3 is 0 Å². The lowest BCUT2D eigenvalue weighted by molar-refractivity contribution is -0.120. The smallest absolute Gasteiger partial charge is 0.251 e. The minimum absolute atomic E-state index is 0.146. The molecule has 0 atom stereocenters. The average molecular weight is 441 g/mol. The number of hydrogen-bond acceptors (Lipinski definition) is 5. The largest absolute Gasteiger partial charge is 0.354 e. The van der Waals surface area contributed by atoms with E-state index in [4.69, 9.17) is 11.6 Å². The number of benzene rings is 1. The summed E-state index contributed by atoms with van der Waals surface area (Å²) < 4.78 is 1.67. The first-order chi connectivity index (χ1) is 14.7. The summed E-state index contributed by atoms with van der Waals surface area (Å²) in [6.45, 7) is 8.22. The number of rotatable bonds is 7. The summed E-state index contributed by atoms with van der Waals surface area (Å²) in [7, 11) is 0. The van der Waals surface area contributed by atoms with E-state index in [1.807, 2.05) is 33.8 Å². The molecule has 0 fully saturated rings. The van der Waals surface area contributed by atoms with Crippen LogP contribution in [0.25, 0.3) is 5.95 Å². The van der Waals surface area contributed by atoms with Gasteiger partial charge in [0.2, 0.25) is 5.91 Å². The molecule has 9 heteroatoms. The third-order valence-corrected chi connectivity index (χ3v) is 5.03. The van der Waals surface area contributed by atoms with Gasteiger partial charge < -0.3 is 10.6 Å². The molecule has 8 nitrogen and oxygen atoms in total. The minimum Gasteiger partial charge on any atom is -0.354 e. The zero-order valence-electron chi connectivity index (χ0n) is 18.0. The molecule has 0 radical (unpaired) electrons. The van der Waals surface area contributed by atoms with Crippen molar-refractivity contribution < 1.29 is 9.59 Å². The van der Waals surface area contributed by atoms with E-state index in [0.717, 1.165) is 28.3 Å². The van der Waals surface area contributed by atoms with Gasteiger partial charge in [-0.05, 0) is 58.0 Å². The number of carbonyl (C=O) groups excluding carboxylic acids is 2. The Morgan fingerprint density at radius 2 is 1.58 bits per heavy atom. The maximum Gasteiger partial charge on any atom is 0.251 e. The van der Waals surface area contributed by atoms with Gasteiger partial charge in [-0.2, -0.15) is 5.10 Å². The van der Waals surface area contributed by atoms with Crippen molar-refractivity contribution in [1.29, 1.82) is 0 Å². The Morgan fingerprint density at radius 1 is 0.968 bits per heavy atom. The summed E-state index contributed by atoms with van der Waals surface area (Å²) >= 11 is 5.82. The van der Waals surface area contributed by atoms with Crippen LogP contribution in [-0.4, -0.2) is 44.7 Å². The SMILES string of the molecule is Cc1cc(C)nc(-n2nc(C)c(CC(=O)NCCNC(=O)c3ccc(Cl)cc3)c2C)n1. The zero-order valence-corrected chi connectivity index (χ0v) is 18.7. The minimum atomic E-state index is -0.215. The van der Waals surface area contributed by atoms with E-state index in [1.54, 1.807) is 28.9 Å². The van der Waals surface area contributed by atoms with Gasteiger partial charge in [0, 0.05) is 46.3 Å². The molecule has 0 bridgehead atoms. The fraction of sp³-hybridized carbons (Fsp3) is 0.318. The van der Waals surface area contributed by atoms with E-state index < -0.39 is 0 Å². The highest BCUT2D eigenvalue weighted by atomic mass is 35.5. The number of nitrogens with one attached hydrogen (secondary N) is 2. The summed E-state index contributed by atoms with van der Waals surface area (Å²) in [4.78, 5) is 33.4. The molecule has 31 heavy (non-hydrogen) atoms. The van der Waals surface area contributed by atoms with E-state index in [0.29, 0.717) is 29.6 Å². The first-order valence-corrected chi connectivity index (χ1v) is 10.3. The van der Waals surface area contributed by atoms with Crippen LogP contribution in [0.3, 0.4) is 0 Å². The molecule has 0 aliphatic carbocycles. The van der Waals surface area contributed by atoms with Gasteiger partial charge in [0.15, 0.2) is 0 Å². The van der Waals surface area contributed by atoms with Crippen LogP contribution < -0.4 is 10.6 Å². The van der Waals surface area contributed by atoms with E-state index in [2.05, 4.69) is 25.7 Å². The van der Waals surface area contributed by atoms with Crippen molar-refractivity contribution in [2.24, 2.45) is 0 Å². The van der Waals surface area contributed by atoms with Crippen molar-refractivity contribution in [2.75, 3.05) is 13.1 Å². The Hall–Kier alpha value is -3.26. The molecular weight excluding hydrogens is 416 g/mol. The third kappa shape index (κ3) is 5.67. The normalized spacial score (nSPS) is 10.7. The highest BCUT2D eigenvalue weighted by molar-refractivity contribution is 6.30. The van der Waals surface area contributed by atoms with Crippen molar-refractivity contribution in [3.63, 3.8) is 0 Å². The maximum atomic E-state index is 12.4. The van der Waals surface area contributed by atoms with Crippen LogP contribution in [0.15, 0.2) is 30.3 Å². The Morgan fingerprint density at radius 3 is 2.23 bits per heavy atom. The number of aromatic nitrogens is 4. The maximum absolute atomic E-state index is 12.4. The predicted octanol–water partition coefficient (Wildman–Crippen LogP) is 2.64. The van der Waals surface area contributed by atoms with Gasteiger partial charge in [0.05, 0.1) is 12.1 Å². The average Bonchev–Trinajstić information content (AvgIpc) is 2.99. The molecular formula is C22H25ClN6O2. The molecule has 0 spiro atoms. The van der Waals surface area contributed by atoms with Gasteiger partial charge in [-0.25, -0.2) is 14.6 Å². The predicted molar refractivity (Wildman–Crippen MR) is 119 cm³/mol. The number of nitrogens with zero attached hydrogens (tertiary/aromatic N) is 4. The zero-order chi connectivity index (χ0) is 22.5. The van der Waals surface area contributed by atoms with Gasteiger partial charge in [0.1, 0.15) is 0 Å². The number of amides is 2. The molecule has 2 aromatic heterocycles.